The van der Waals surface area contributed by atoms with Gasteiger partial charge >= 0.3 is 0 Å². The maximum atomic E-state index is 2.40. The molecule has 0 aromatic heterocycles. The van der Waals surface area contributed by atoms with Crippen molar-refractivity contribution < 1.29 is 4.48 Å². The maximum absolute atomic E-state index is 2.40. The van der Waals surface area contributed by atoms with E-state index < -0.39 is 7.92 Å². The molecule has 1 heterocycles. The Labute approximate surface area is 158 Å². The number of rotatable bonds is 5. The molecule has 0 aliphatic carbocycles. The van der Waals surface area contributed by atoms with E-state index >= 15 is 0 Å². The van der Waals surface area contributed by atoms with E-state index in [1.54, 1.807) is 0 Å². The molecule has 1 saturated heterocycles. The van der Waals surface area contributed by atoms with Gasteiger partial charge in [-0.25, -0.2) is 0 Å². The van der Waals surface area contributed by atoms with Gasteiger partial charge in [-0.1, -0.05) is 84.9 Å². The molecular weight excluding hydrogens is 333 g/mol. The molecule has 1 fully saturated rings. The van der Waals surface area contributed by atoms with Gasteiger partial charge in [-0.15, -0.1) is 0 Å². The van der Waals surface area contributed by atoms with Gasteiger partial charge < -0.3 is 4.48 Å². The summed E-state index contributed by atoms with van der Waals surface area (Å²) in [6, 6.07) is 31.3. The minimum absolute atomic E-state index is 0.491. The molecule has 1 aliphatic heterocycles. The van der Waals surface area contributed by atoms with Gasteiger partial charge in [0.1, 0.15) is 6.54 Å². The number of hydrogen-bond acceptors (Lipinski definition) is 0. The number of quaternary nitrogens is 1. The molecule has 132 valence electrons. The van der Waals surface area contributed by atoms with E-state index in [0.29, 0.717) is 0 Å². The Morgan fingerprint density at radius 1 is 0.654 bits per heavy atom. The maximum Gasteiger partial charge on any atom is 0.104 e. The zero-order valence-electron chi connectivity index (χ0n) is 15.5. The highest BCUT2D eigenvalue weighted by atomic mass is 31.1. The van der Waals surface area contributed by atoms with E-state index in [4.69, 9.17) is 0 Å². The molecule has 4 rings (SSSR count). The molecular formula is C24H27NP+. The SMILES string of the molecule is C[N+]1(Cc2ccc(P(c3ccccc3)c3ccccc3)cc2)CCCC1. The highest BCUT2D eigenvalue weighted by Crippen LogP contribution is 2.32. The molecule has 1 nitrogen and oxygen atoms in total. The van der Waals surface area contributed by atoms with Crippen LogP contribution < -0.4 is 15.9 Å². The minimum atomic E-state index is -0.491. The monoisotopic (exact) mass is 360 g/mol. The van der Waals surface area contributed by atoms with Crippen LogP contribution in [-0.2, 0) is 6.54 Å². The zero-order chi connectivity index (χ0) is 17.8. The molecule has 3 aromatic rings. The number of benzene rings is 3. The van der Waals surface area contributed by atoms with Crippen molar-refractivity contribution in [2.45, 2.75) is 19.4 Å². The highest BCUT2D eigenvalue weighted by molar-refractivity contribution is 7.79. The van der Waals surface area contributed by atoms with Crippen LogP contribution in [0.5, 0.6) is 0 Å². The average Bonchev–Trinajstić information content (AvgIpc) is 3.11. The van der Waals surface area contributed by atoms with Gasteiger partial charge in [0, 0.05) is 18.4 Å². The first-order valence-electron chi connectivity index (χ1n) is 9.56. The van der Waals surface area contributed by atoms with Crippen LogP contribution in [0.4, 0.5) is 0 Å². The van der Waals surface area contributed by atoms with Crippen molar-refractivity contribution in [2.75, 3.05) is 20.1 Å². The van der Waals surface area contributed by atoms with E-state index in [1.165, 1.54) is 51.9 Å². The minimum Gasteiger partial charge on any atom is -0.322 e. The largest absolute Gasteiger partial charge is 0.322 e. The topological polar surface area (TPSA) is 0 Å². The Morgan fingerprint density at radius 2 is 1.12 bits per heavy atom. The van der Waals surface area contributed by atoms with Crippen LogP contribution >= 0.6 is 7.92 Å². The molecule has 2 heteroatoms. The van der Waals surface area contributed by atoms with E-state index in [-0.39, 0.29) is 0 Å². The lowest BCUT2D eigenvalue weighted by atomic mass is 10.2. The lowest BCUT2D eigenvalue weighted by Gasteiger charge is -2.29. The second kappa shape index (κ2) is 7.74. The normalized spacial score (nSPS) is 16.1. The van der Waals surface area contributed by atoms with Crippen LogP contribution in [0.15, 0.2) is 84.9 Å². The fourth-order valence-corrected chi connectivity index (χ4v) is 6.33. The van der Waals surface area contributed by atoms with E-state index in [0.717, 1.165) is 6.54 Å². The fraction of sp³-hybridized carbons (Fsp3) is 0.250. The second-order valence-corrected chi connectivity index (χ2v) is 9.82. The molecule has 0 unspecified atom stereocenters. The molecule has 1 aliphatic rings. The van der Waals surface area contributed by atoms with Crippen LogP contribution in [0.25, 0.3) is 0 Å². The van der Waals surface area contributed by atoms with Gasteiger partial charge in [0.05, 0.1) is 20.1 Å². The van der Waals surface area contributed by atoms with E-state index in [1.807, 2.05) is 0 Å². The Hall–Kier alpha value is -1.95. The summed E-state index contributed by atoms with van der Waals surface area (Å²) in [5.74, 6) is 0. The summed E-state index contributed by atoms with van der Waals surface area (Å²) < 4.78 is 1.20. The van der Waals surface area contributed by atoms with Gasteiger partial charge in [-0.3, -0.25) is 0 Å². The molecule has 0 radical (unpaired) electrons. The highest BCUT2D eigenvalue weighted by Gasteiger charge is 2.27. The number of likely N-dealkylation sites (tertiary alicyclic amines) is 1. The van der Waals surface area contributed by atoms with Gasteiger partial charge in [0.2, 0.25) is 0 Å². The summed E-state index contributed by atoms with van der Waals surface area (Å²) in [6.45, 7) is 3.81. The quantitative estimate of drug-likeness (QED) is 0.473. The molecule has 0 N–H and O–H groups in total. The van der Waals surface area contributed by atoms with Crippen molar-refractivity contribution in [3.8, 4) is 0 Å². The smallest absolute Gasteiger partial charge is 0.104 e. The molecule has 0 amide bonds. The summed E-state index contributed by atoms with van der Waals surface area (Å²) >= 11 is 0. The summed E-state index contributed by atoms with van der Waals surface area (Å²) in [5.41, 5.74) is 1.47. The predicted molar refractivity (Wildman–Crippen MR) is 114 cm³/mol. The van der Waals surface area contributed by atoms with Crippen LogP contribution in [0.1, 0.15) is 18.4 Å². The summed E-state index contributed by atoms with van der Waals surface area (Å²) in [5, 5.41) is 4.27. The second-order valence-electron chi connectivity index (χ2n) is 7.60. The van der Waals surface area contributed by atoms with Crippen molar-refractivity contribution in [2.24, 2.45) is 0 Å². The first kappa shape index (κ1) is 17.5. The van der Waals surface area contributed by atoms with Crippen molar-refractivity contribution in [3.63, 3.8) is 0 Å². The third-order valence-corrected chi connectivity index (χ3v) is 7.88. The molecule has 0 atom stereocenters. The Kier molecular flexibility index (Phi) is 5.20. The van der Waals surface area contributed by atoms with Crippen molar-refractivity contribution in [3.05, 3.63) is 90.5 Å². The van der Waals surface area contributed by atoms with E-state index in [9.17, 15) is 0 Å². The van der Waals surface area contributed by atoms with Crippen LogP contribution in [0, 0.1) is 0 Å². The standard InChI is InChI=1S/C24H27NP/c1-25(18-8-9-19-25)20-21-14-16-24(17-15-21)26(22-10-4-2-5-11-22)23-12-6-3-7-13-23/h2-7,10-17H,8-9,18-20H2,1H3/q+1. The molecule has 0 bridgehead atoms. The van der Waals surface area contributed by atoms with Crippen molar-refractivity contribution in [1.82, 2.24) is 0 Å². The zero-order valence-corrected chi connectivity index (χ0v) is 16.4. The van der Waals surface area contributed by atoms with Gasteiger partial charge in [0.15, 0.2) is 0 Å². The molecule has 0 saturated carbocycles. The van der Waals surface area contributed by atoms with Crippen LogP contribution in [-0.4, -0.2) is 24.6 Å². The van der Waals surface area contributed by atoms with Crippen LogP contribution in [0.2, 0.25) is 0 Å². The Bertz CT molecular complexity index is 782. The van der Waals surface area contributed by atoms with Crippen molar-refractivity contribution in [1.29, 1.82) is 0 Å². The fourth-order valence-electron chi connectivity index (χ4n) is 4.05. The Balaban J connectivity index is 1.64. The van der Waals surface area contributed by atoms with Gasteiger partial charge in [-0.2, -0.15) is 0 Å². The summed E-state index contributed by atoms with van der Waals surface area (Å²) in [4.78, 5) is 0. The third kappa shape index (κ3) is 3.90. The van der Waals surface area contributed by atoms with Gasteiger partial charge in [-0.05, 0) is 23.8 Å². The first-order chi connectivity index (χ1) is 12.7. The summed E-state index contributed by atoms with van der Waals surface area (Å²) in [6.07, 6.45) is 2.75. The first-order valence-corrected chi connectivity index (χ1v) is 10.9. The predicted octanol–water partition coefficient (Wildman–Crippen LogP) is 4.19. The molecule has 3 aromatic carbocycles. The lowest BCUT2D eigenvalue weighted by Crippen LogP contribution is -2.39. The summed E-state index contributed by atoms with van der Waals surface area (Å²) in [7, 11) is 1.91. The lowest BCUT2D eigenvalue weighted by molar-refractivity contribution is -0.910. The van der Waals surface area contributed by atoms with Crippen LogP contribution in [0.3, 0.4) is 0 Å². The number of nitrogens with zero attached hydrogens (tertiary/aromatic N) is 1. The third-order valence-electron chi connectivity index (χ3n) is 5.43. The molecule has 26 heavy (non-hydrogen) atoms. The average molecular weight is 360 g/mol. The Morgan fingerprint density at radius 3 is 1.62 bits per heavy atom. The van der Waals surface area contributed by atoms with Crippen molar-refractivity contribution >= 4 is 23.8 Å². The molecule has 0 spiro atoms. The number of hydrogen-bond donors (Lipinski definition) is 0. The van der Waals surface area contributed by atoms with Gasteiger partial charge in [0.25, 0.3) is 0 Å². The van der Waals surface area contributed by atoms with E-state index in [2.05, 4.69) is 92.0 Å².